The molecule has 27 heavy (non-hydrogen) atoms. The predicted molar refractivity (Wildman–Crippen MR) is 104 cm³/mol. The first kappa shape index (κ1) is 17.7. The van der Waals surface area contributed by atoms with E-state index in [1.165, 1.54) is 32.3 Å². The molecule has 4 heterocycles. The van der Waals surface area contributed by atoms with Crippen LogP contribution in [-0.2, 0) is 4.74 Å². The van der Waals surface area contributed by atoms with Gasteiger partial charge in [-0.2, -0.15) is 0 Å². The monoisotopic (exact) mass is 367 g/mol. The Bertz CT molecular complexity index is 805. The summed E-state index contributed by atoms with van der Waals surface area (Å²) in [5.74, 6) is 2.33. The largest absolute Gasteiger partial charge is 0.457 e. The lowest BCUT2D eigenvalue weighted by Crippen LogP contribution is -2.59. The third kappa shape index (κ3) is 4.03. The highest BCUT2D eigenvalue weighted by molar-refractivity contribution is 5.88. The zero-order valence-electron chi connectivity index (χ0n) is 15.8. The summed E-state index contributed by atoms with van der Waals surface area (Å²) in [7, 11) is 1.72. The van der Waals surface area contributed by atoms with Crippen LogP contribution in [0.3, 0.4) is 0 Å². The highest BCUT2D eigenvalue weighted by atomic mass is 16.5. The SMILES string of the molecule is CN=C(Nc1cc(Oc2ccccc2)ncn1)O[C@@]1(C)CN2CCC1CC2. The maximum Gasteiger partial charge on any atom is 0.290 e. The summed E-state index contributed by atoms with van der Waals surface area (Å²) in [6.07, 6.45) is 3.82. The number of fused-ring (bicyclic) bond motifs is 3. The van der Waals surface area contributed by atoms with Gasteiger partial charge in [0.2, 0.25) is 5.88 Å². The van der Waals surface area contributed by atoms with Gasteiger partial charge < -0.3 is 9.47 Å². The molecular weight excluding hydrogens is 342 g/mol. The van der Waals surface area contributed by atoms with Crippen molar-refractivity contribution in [2.24, 2.45) is 10.9 Å². The average Bonchev–Trinajstić information content (AvgIpc) is 2.69. The fourth-order valence-corrected chi connectivity index (χ4v) is 3.92. The van der Waals surface area contributed by atoms with Crippen LogP contribution in [0.2, 0.25) is 0 Å². The lowest BCUT2D eigenvalue weighted by atomic mass is 9.76. The van der Waals surface area contributed by atoms with Crippen molar-refractivity contribution in [3.63, 3.8) is 0 Å². The first-order valence-electron chi connectivity index (χ1n) is 9.35. The standard InChI is InChI=1S/C20H25N5O2/c1-20(13-25-10-8-15(20)9-11-25)27-19(21-2)24-17-12-18(23-14-22-17)26-16-6-4-3-5-7-16/h3-7,12,14-15H,8-11,13H2,1-2H3,(H,21,22,23,24)/t20-/m0/s1. The number of hydrogen-bond donors (Lipinski definition) is 1. The van der Waals surface area contributed by atoms with Crippen LogP contribution in [-0.4, -0.2) is 53.2 Å². The molecule has 0 saturated carbocycles. The fraction of sp³-hybridized carbons (Fsp3) is 0.450. The van der Waals surface area contributed by atoms with Crippen molar-refractivity contribution >= 4 is 11.8 Å². The number of nitrogens with one attached hydrogen (secondary N) is 1. The van der Waals surface area contributed by atoms with E-state index in [2.05, 4.69) is 32.1 Å². The Labute approximate surface area is 159 Å². The number of anilines is 1. The number of benzene rings is 1. The number of nitrogens with zero attached hydrogens (tertiary/aromatic N) is 4. The molecule has 5 rings (SSSR count). The number of amidine groups is 1. The molecule has 3 aliphatic rings. The maximum absolute atomic E-state index is 6.32. The van der Waals surface area contributed by atoms with Crippen LogP contribution in [0, 0.1) is 5.92 Å². The van der Waals surface area contributed by atoms with Crippen LogP contribution in [0.1, 0.15) is 19.8 Å². The van der Waals surface area contributed by atoms with Crippen LogP contribution in [0.15, 0.2) is 47.7 Å². The van der Waals surface area contributed by atoms with Crippen LogP contribution < -0.4 is 10.1 Å². The van der Waals surface area contributed by atoms with E-state index in [9.17, 15) is 0 Å². The second-order valence-corrected chi connectivity index (χ2v) is 7.28. The lowest BCUT2D eigenvalue weighted by Gasteiger charge is -2.51. The third-order valence-electron chi connectivity index (χ3n) is 5.36. The number of aromatic nitrogens is 2. The van der Waals surface area contributed by atoms with Gasteiger partial charge in [-0.3, -0.25) is 10.2 Å². The molecule has 0 radical (unpaired) electrons. The minimum Gasteiger partial charge on any atom is -0.457 e. The van der Waals surface area contributed by atoms with E-state index in [1.54, 1.807) is 13.1 Å². The zero-order valence-corrected chi connectivity index (χ0v) is 15.8. The van der Waals surface area contributed by atoms with Crippen molar-refractivity contribution in [2.75, 3.05) is 32.0 Å². The van der Waals surface area contributed by atoms with Gasteiger partial charge in [-0.05, 0) is 45.0 Å². The normalized spacial score (nSPS) is 27.3. The molecule has 0 unspecified atom stereocenters. The molecule has 142 valence electrons. The van der Waals surface area contributed by atoms with Gasteiger partial charge in [0.05, 0.1) is 0 Å². The second kappa shape index (κ2) is 7.52. The minimum atomic E-state index is -0.227. The Morgan fingerprint density at radius 3 is 2.67 bits per heavy atom. The second-order valence-electron chi connectivity index (χ2n) is 7.28. The van der Waals surface area contributed by atoms with Crippen LogP contribution in [0.5, 0.6) is 11.6 Å². The van der Waals surface area contributed by atoms with Crippen molar-refractivity contribution in [1.29, 1.82) is 0 Å². The van der Waals surface area contributed by atoms with E-state index in [1.807, 2.05) is 30.3 Å². The zero-order chi connectivity index (χ0) is 18.7. The molecular formula is C20H25N5O2. The number of piperidine rings is 3. The van der Waals surface area contributed by atoms with E-state index >= 15 is 0 Å². The molecule has 1 aromatic carbocycles. The molecule has 1 atom stereocenters. The van der Waals surface area contributed by atoms with Gasteiger partial charge in [-0.25, -0.2) is 15.0 Å². The molecule has 3 fully saturated rings. The molecule has 0 amide bonds. The summed E-state index contributed by atoms with van der Waals surface area (Å²) in [6.45, 7) is 5.45. The molecule has 2 aromatic rings. The summed E-state index contributed by atoms with van der Waals surface area (Å²) >= 11 is 0. The Hall–Kier alpha value is -2.67. The smallest absolute Gasteiger partial charge is 0.290 e. The Kier molecular flexibility index (Phi) is 4.94. The molecule has 0 spiro atoms. The van der Waals surface area contributed by atoms with E-state index in [0.717, 1.165) is 12.3 Å². The van der Waals surface area contributed by atoms with Crippen molar-refractivity contribution in [2.45, 2.75) is 25.4 Å². The maximum atomic E-state index is 6.32. The van der Waals surface area contributed by atoms with E-state index in [4.69, 9.17) is 9.47 Å². The summed E-state index contributed by atoms with van der Waals surface area (Å²) < 4.78 is 12.1. The number of rotatable bonds is 4. The number of para-hydroxylation sites is 1. The summed E-state index contributed by atoms with van der Waals surface area (Å²) in [4.78, 5) is 15.2. The van der Waals surface area contributed by atoms with E-state index in [-0.39, 0.29) is 5.60 Å². The molecule has 3 aliphatic heterocycles. The van der Waals surface area contributed by atoms with Gasteiger partial charge in [0, 0.05) is 25.6 Å². The van der Waals surface area contributed by atoms with Crippen LogP contribution >= 0.6 is 0 Å². The quantitative estimate of drug-likeness (QED) is 0.661. The first-order chi connectivity index (χ1) is 13.1. The van der Waals surface area contributed by atoms with Gasteiger partial charge >= 0.3 is 0 Å². The topological polar surface area (TPSA) is 71.9 Å². The average molecular weight is 367 g/mol. The summed E-state index contributed by atoms with van der Waals surface area (Å²) in [6, 6.07) is 11.7. The van der Waals surface area contributed by atoms with Crippen LogP contribution in [0.4, 0.5) is 5.82 Å². The Morgan fingerprint density at radius 2 is 2.00 bits per heavy atom. The van der Waals surface area contributed by atoms with E-state index in [0.29, 0.717) is 23.6 Å². The van der Waals surface area contributed by atoms with Crippen LogP contribution in [0.25, 0.3) is 0 Å². The molecule has 3 saturated heterocycles. The molecule has 7 nitrogen and oxygen atoms in total. The van der Waals surface area contributed by atoms with Crippen molar-refractivity contribution in [1.82, 2.24) is 14.9 Å². The van der Waals surface area contributed by atoms with Gasteiger partial charge in [0.1, 0.15) is 23.5 Å². The van der Waals surface area contributed by atoms with Crippen molar-refractivity contribution in [3.05, 3.63) is 42.7 Å². The van der Waals surface area contributed by atoms with Gasteiger partial charge in [-0.1, -0.05) is 18.2 Å². The molecule has 7 heteroatoms. The van der Waals surface area contributed by atoms with Gasteiger partial charge in [0.15, 0.2) is 0 Å². The number of aliphatic imine (C=N–C) groups is 1. The lowest BCUT2D eigenvalue weighted by molar-refractivity contribution is -0.0885. The first-order valence-corrected chi connectivity index (χ1v) is 9.35. The van der Waals surface area contributed by atoms with Gasteiger partial charge in [-0.15, -0.1) is 0 Å². The number of ether oxygens (including phenoxy) is 2. The Morgan fingerprint density at radius 1 is 1.22 bits per heavy atom. The van der Waals surface area contributed by atoms with Crippen molar-refractivity contribution in [3.8, 4) is 11.6 Å². The highest BCUT2D eigenvalue weighted by Gasteiger charge is 2.45. The minimum absolute atomic E-state index is 0.227. The summed E-state index contributed by atoms with van der Waals surface area (Å²) in [5.41, 5.74) is -0.227. The molecule has 2 bridgehead atoms. The molecule has 1 aromatic heterocycles. The Balaban J connectivity index is 1.44. The van der Waals surface area contributed by atoms with Crippen molar-refractivity contribution < 1.29 is 9.47 Å². The van der Waals surface area contributed by atoms with Gasteiger partial charge in [0.25, 0.3) is 6.02 Å². The fourth-order valence-electron chi connectivity index (χ4n) is 3.92. The number of hydrogen-bond acceptors (Lipinski definition) is 6. The summed E-state index contributed by atoms with van der Waals surface area (Å²) in [5, 5.41) is 3.16. The molecule has 1 N–H and O–H groups in total. The van der Waals surface area contributed by atoms with E-state index < -0.39 is 0 Å². The third-order valence-corrected chi connectivity index (χ3v) is 5.36. The predicted octanol–water partition coefficient (Wildman–Crippen LogP) is 3.17. The highest BCUT2D eigenvalue weighted by Crippen LogP contribution is 2.38. The molecule has 0 aliphatic carbocycles.